The van der Waals surface area contributed by atoms with Crippen molar-refractivity contribution in [1.29, 1.82) is 0 Å². The van der Waals surface area contributed by atoms with E-state index < -0.39 is 5.72 Å². The average molecular weight is 350 g/mol. The third-order valence-corrected chi connectivity index (χ3v) is 8.35. The molecule has 4 fully saturated rings. The Hall–Kier alpha value is -1.69. The minimum absolute atomic E-state index is 0.0155. The van der Waals surface area contributed by atoms with Gasteiger partial charge in [0.2, 0.25) is 5.91 Å². The molecule has 2 bridgehead atoms. The summed E-state index contributed by atoms with van der Waals surface area (Å²) in [6.07, 6.45) is 4.36. The van der Waals surface area contributed by atoms with E-state index in [1.54, 1.807) is 0 Å². The van der Waals surface area contributed by atoms with E-state index in [1.807, 2.05) is 6.07 Å². The van der Waals surface area contributed by atoms with Gasteiger partial charge in [-0.1, -0.05) is 29.8 Å². The molecule has 1 aliphatic carbocycles. The van der Waals surface area contributed by atoms with Crippen LogP contribution in [-0.2, 0) is 14.9 Å². The molecule has 6 atom stereocenters. The van der Waals surface area contributed by atoms with Crippen molar-refractivity contribution in [1.82, 2.24) is 4.90 Å². The largest absolute Gasteiger partial charge is 0.375 e. The predicted molar refractivity (Wildman–Crippen MR) is 94.6 cm³/mol. The third-order valence-electron chi connectivity index (χ3n) is 8.35. The minimum atomic E-state index is -0.854. The topological polar surface area (TPSA) is 53.0 Å². The summed E-state index contributed by atoms with van der Waals surface area (Å²) in [4.78, 5) is 17.5. The van der Waals surface area contributed by atoms with E-state index in [2.05, 4.69) is 34.1 Å². The van der Waals surface area contributed by atoms with Crippen molar-refractivity contribution in [3.05, 3.63) is 41.5 Å². The first-order valence-electron chi connectivity index (χ1n) is 9.85. The third kappa shape index (κ3) is 1.27. The highest BCUT2D eigenvalue weighted by Crippen LogP contribution is 2.68. The number of para-hydroxylation sites is 1. The summed E-state index contributed by atoms with van der Waals surface area (Å²) >= 11 is 0. The number of nitrogens with zero attached hydrogens (tertiary/aromatic N) is 2. The van der Waals surface area contributed by atoms with Gasteiger partial charge in [-0.15, -0.1) is 0 Å². The zero-order valence-corrected chi connectivity index (χ0v) is 14.6. The summed E-state index contributed by atoms with van der Waals surface area (Å²) < 4.78 is 6.20. The van der Waals surface area contributed by atoms with Crippen molar-refractivity contribution in [2.75, 3.05) is 24.6 Å². The Bertz CT molecular complexity index is 897. The number of amides is 1. The lowest BCUT2D eigenvalue weighted by Crippen LogP contribution is -2.74. The smallest absolute Gasteiger partial charge is 0.229 e. The van der Waals surface area contributed by atoms with Crippen molar-refractivity contribution in [2.45, 2.75) is 42.5 Å². The molecule has 1 N–H and O–H groups in total. The van der Waals surface area contributed by atoms with Gasteiger partial charge in [0.05, 0.1) is 30.6 Å². The molecule has 0 aromatic heterocycles. The Balaban J connectivity index is 1.58. The van der Waals surface area contributed by atoms with Crippen molar-refractivity contribution in [2.24, 2.45) is 11.8 Å². The molecule has 1 aromatic rings. The molecule has 1 amide bonds. The maximum atomic E-state index is 13.2. The Kier molecular flexibility index (Phi) is 2.34. The van der Waals surface area contributed by atoms with Crippen molar-refractivity contribution in [3.8, 4) is 0 Å². The predicted octanol–water partition coefficient (Wildman–Crippen LogP) is 1.41. The summed E-state index contributed by atoms with van der Waals surface area (Å²) in [5.74, 6) is 0.769. The van der Waals surface area contributed by atoms with Crippen molar-refractivity contribution >= 4 is 11.6 Å². The number of rotatable bonds is 0. The van der Waals surface area contributed by atoms with Gasteiger partial charge in [0.25, 0.3) is 0 Å². The monoisotopic (exact) mass is 350 g/mol. The summed E-state index contributed by atoms with van der Waals surface area (Å²) in [5, 5.41) is 12.1. The molecule has 134 valence electrons. The van der Waals surface area contributed by atoms with Gasteiger partial charge in [0.1, 0.15) is 5.72 Å². The first-order chi connectivity index (χ1) is 12.6. The van der Waals surface area contributed by atoms with E-state index in [-0.39, 0.29) is 29.4 Å². The molecule has 6 aliphatic rings. The highest BCUT2D eigenvalue weighted by atomic mass is 16.5. The van der Waals surface area contributed by atoms with Crippen LogP contribution >= 0.6 is 0 Å². The van der Waals surface area contributed by atoms with Gasteiger partial charge in [-0.05, 0) is 30.4 Å². The van der Waals surface area contributed by atoms with Crippen LogP contribution in [0.5, 0.6) is 0 Å². The number of carbonyl (C=O) groups is 1. The van der Waals surface area contributed by atoms with Gasteiger partial charge in [-0.25, -0.2) is 0 Å². The lowest BCUT2D eigenvalue weighted by molar-refractivity contribution is -0.197. The zero-order valence-electron chi connectivity index (χ0n) is 14.6. The Labute approximate surface area is 152 Å². The first kappa shape index (κ1) is 14.4. The fraction of sp³-hybridized carbons (Fsp3) is 0.571. The van der Waals surface area contributed by atoms with E-state index in [9.17, 15) is 9.90 Å². The molecule has 0 radical (unpaired) electrons. The lowest BCUT2D eigenvalue weighted by atomic mass is 9.52. The van der Waals surface area contributed by atoms with Crippen LogP contribution in [0.15, 0.2) is 35.9 Å². The van der Waals surface area contributed by atoms with Crippen molar-refractivity contribution < 1.29 is 14.6 Å². The number of hydrogen-bond acceptors (Lipinski definition) is 4. The molecule has 5 heteroatoms. The van der Waals surface area contributed by atoms with Crippen LogP contribution in [0.4, 0.5) is 5.69 Å². The van der Waals surface area contributed by atoms with Gasteiger partial charge in [0, 0.05) is 24.7 Å². The molecule has 3 saturated heterocycles. The van der Waals surface area contributed by atoms with Crippen LogP contribution in [0.3, 0.4) is 0 Å². The molecule has 5 heterocycles. The van der Waals surface area contributed by atoms with Gasteiger partial charge in [-0.3, -0.25) is 9.69 Å². The second kappa shape index (κ2) is 4.24. The molecular weight excluding hydrogens is 328 g/mol. The number of fused-ring (bicyclic) bond motifs is 2. The summed E-state index contributed by atoms with van der Waals surface area (Å²) in [7, 11) is 0. The van der Waals surface area contributed by atoms with E-state index in [0.29, 0.717) is 18.9 Å². The SMILES string of the molecule is O=C1C[C@H]2OCC=C3CN4CCC56c7ccccc7N1[C@@H]5[C@H]2[C@@H]3C[C@]46O. The molecule has 7 rings (SSSR count). The standard InChI is InChI=1S/C21H22N2O3/c24-17-9-16-18-13-10-21(25)20(6-7-22(21)11-12(13)5-8-26-16)14-3-1-2-4-15(14)23(17)19(18)20/h1-5,13,16,18-19,25H,6-11H2/t13-,16-,18+,19-,20?,21-/m1/s1. The molecule has 5 nitrogen and oxygen atoms in total. The summed E-state index contributed by atoms with van der Waals surface area (Å²) in [5.41, 5.74) is 2.40. The van der Waals surface area contributed by atoms with Crippen LogP contribution < -0.4 is 4.90 Å². The zero-order chi connectivity index (χ0) is 17.3. The number of hydrogen-bond donors (Lipinski definition) is 1. The highest BCUT2D eigenvalue weighted by Gasteiger charge is 2.76. The Morgan fingerprint density at radius 1 is 1.27 bits per heavy atom. The fourth-order valence-corrected chi connectivity index (χ4v) is 7.53. The normalized spacial score (nSPS) is 47.5. The second-order valence-electron chi connectivity index (χ2n) is 8.93. The number of benzene rings is 1. The molecule has 1 saturated carbocycles. The molecule has 1 spiro atoms. The number of ether oxygens (including phenoxy) is 1. The Morgan fingerprint density at radius 3 is 3.08 bits per heavy atom. The van der Waals surface area contributed by atoms with Crippen LogP contribution in [-0.4, -0.2) is 53.5 Å². The van der Waals surface area contributed by atoms with Crippen molar-refractivity contribution in [3.63, 3.8) is 0 Å². The number of aliphatic hydroxyl groups is 1. The molecule has 1 unspecified atom stereocenters. The number of anilines is 1. The number of piperidine rings is 2. The van der Waals surface area contributed by atoms with Crippen LogP contribution in [0.25, 0.3) is 0 Å². The maximum Gasteiger partial charge on any atom is 0.229 e. The van der Waals surface area contributed by atoms with Crippen LogP contribution in [0.2, 0.25) is 0 Å². The van der Waals surface area contributed by atoms with E-state index in [0.717, 1.165) is 31.6 Å². The highest BCUT2D eigenvalue weighted by molar-refractivity contribution is 5.99. The second-order valence-corrected chi connectivity index (χ2v) is 8.93. The van der Waals surface area contributed by atoms with Gasteiger partial charge in [0.15, 0.2) is 0 Å². The molecular formula is C21H22N2O3. The maximum absolute atomic E-state index is 13.2. The molecule has 1 aromatic carbocycles. The van der Waals surface area contributed by atoms with Crippen LogP contribution in [0, 0.1) is 11.8 Å². The van der Waals surface area contributed by atoms with Gasteiger partial charge < -0.3 is 14.7 Å². The number of carbonyl (C=O) groups excluding carboxylic acids is 1. The van der Waals surface area contributed by atoms with Crippen LogP contribution in [0.1, 0.15) is 24.8 Å². The molecule has 5 aliphatic heterocycles. The van der Waals surface area contributed by atoms with Gasteiger partial charge >= 0.3 is 0 Å². The van der Waals surface area contributed by atoms with E-state index in [1.165, 1.54) is 11.1 Å². The minimum Gasteiger partial charge on any atom is -0.375 e. The lowest BCUT2D eigenvalue weighted by Gasteiger charge is -2.62. The Morgan fingerprint density at radius 2 is 2.15 bits per heavy atom. The fourth-order valence-electron chi connectivity index (χ4n) is 7.53. The summed E-state index contributed by atoms with van der Waals surface area (Å²) in [6.45, 7) is 2.34. The quantitative estimate of drug-likeness (QED) is 0.719. The van der Waals surface area contributed by atoms with Gasteiger partial charge in [-0.2, -0.15) is 0 Å². The average Bonchev–Trinajstić information content (AvgIpc) is 3.05. The first-order valence-corrected chi connectivity index (χ1v) is 9.85. The molecule has 26 heavy (non-hydrogen) atoms. The van der Waals surface area contributed by atoms with E-state index >= 15 is 0 Å². The summed E-state index contributed by atoms with van der Waals surface area (Å²) in [6, 6.07) is 8.32. The van der Waals surface area contributed by atoms with E-state index in [4.69, 9.17) is 4.74 Å².